The lowest BCUT2D eigenvalue weighted by molar-refractivity contribution is 0.486. The normalized spacial score (nSPS) is 10.7. The summed E-state index contributed by atoms with van der Waals surface area (Å²) in [4.78, 5) is 0.0456. The number of hydrogen-bond acceptors (Lipinski definition) is 4. The number of rotatable bonds is 3. The van der Waals surface area contributed by atoms with Gasteiger partial charge >= 0.3 is 10.1 Å². The molecular formula is C13H8BrNO3S. The smallest absolute Gasteiger partial charge is 0.339 e. The molecule has 0 aromatic heterocycles. The van der Waals surface area contributed by atoms with E-state index in [1.807, 2.05) is 6.07 Å². The summed E-state index contributed by atoms with van der Waals surface area (Å²) >= 11 is 3.20. The molecular weight excluding hydrogens is 330 g/mol. The molecule has 0 atom stereocenters. The zero-order valence-corrected chi connectivity index (χ0v) is 12.0. The van der Waals surface area contributed by atoms with Gasteiger partial charge in [-0.05, 0) is 36.4 Å². The van der Waals surface area contributed by atoms with Crippen LogP contribution in [0.4, 0.5) is 0 Å². The highest BCUT2D eigenvalue weighted by Crippen LogP contribution is 2.21. The van der Waals surface area contributed by atoms with Crippen LogP contribution in [0.25, 0.3) is 0 Å². The fourth-order valence-corrected chi connectivity index (χ4v) is 2.94. The number of hydrogen-bond donors (Lipinski definition) is 0. The van der Waals surface area contributed by atoms with Gasteiger partial charge in [-0.2, -0.15) is 13.7 Å². The van der Waals surface area contributed by atoms with Crippen molar-refractivity contribution in [1.29, 1.82) is 5.26 Å². The van der Waals surface area contributed by atoms with E-state index in [1.54, 1.807) is 24.3 Å². The maximum absolute atomic E-state index is 12.0. The van der Waals surface area contributed by atoms with Crippen LogP contribution in [0.2, 0.25) is 0 Å². The van der Waals surface area contributed by atoms with E-state index >= 15 is 0 Å². The molecule has 2 aromatic carbocycles. The van der Waals surface area contributed by atoms with Gasteiger partial charge < -0.3 is 4.18 Å². The van der Waals surface area contributed by atoms with Gasteiger partial charge in [0, 0.05) is 4.47 Å². The fraction of sp³-hybridized carbons (Fsp3) is 0. The van der Waals surface area contributed by atoms with Crippen molar-refractivity contribution in [1.82, 2.24) is 0 Å². The predicted molar refractivity (Wildman–Crippen MR) is 73.1 cm³/mol. The molecule has 0 aliphatic heterocycles. The summed E-state index contributed by atoms with van der Waals surface area (Å²) in [5, 5.41) is 8.75. The van der Waals surface area contributed by atoms with E-state index in [1.165, 1.54) is 24.3 Å². The Kier molecular flexibility index (Phi) is 3.88. The molecule has 0 heterocycles. The maximum atomic E-state index is 12.0. The molecule has 0 radical (unpaired) electrons. The predicted octanol–water partition coefficient (Wildman–Crippen LogP) is 3.09. The second-order valence-corrected chi connectivity index (χ2v) is 6.10. The van der Waals surface area contributed by atoms with E-state index in [0.29, 0.717) is 10.0 Å². The van der Waals surface area contributed by atoms with E-state index in [0.717, 1.165) is 0 Å². The van der Waals surface area contributed by atoms with Crippen LogP contribution >= 0.6 is 15.9 Å². The molecule has 4 nitrogen and oxygen atoms in total. The van der Waals surface area contributed by atoms with E-state index in [2.05, 4.69) is 15.9 Å². The van der Waals surface area contributed by atoms with Crippen LogP contribution < -0.4 is 4.18 Å². The highest BCUT2D eigenvalue weighted by Gasteiger charge is 2.16. The molecule has 2 aromatic rings. The first-order valence-electron chi connectivity index (χ1n) is 5.21. The van der Waals surface area contributed by atoms with E-state index < -0.39 is 10.1 Å². The van der Waals surface area contributed by atoms with Crippen LogP contribution in [-0.2, 0) is 10.1 Å². The Labute approximate surface area is 119 Å². The summed E-state index contributed by atoms with van der Waals surface area (Å²) in [5.74, 6) is 0.110. The van der Waals surface area contributed by atoms with Crippen LogP contribution in [-0.4, -0.2) is 8.42 Å². The lowest BCUT2D eigenvalue weighted by Gasteiger charge is -2.07. The summed E-state index contributed by atoms with van der Waals surface area (Å²) in [6.45, 7) is 0. The van der Waals surface area contributed by atoms with Crippen molar-refractivity contribution >= 4 is 26.0 Å². The standard InChI is InChI=1S/C13H8BrNO3S/c14-11-4-2-6-13(8-11)19(16,17)18-12-5-1-3-10(7-12)9-15/h1-8H. The van der Waals surface area contributed by atoms with Gasteiger partial charge in [-0.15, -0.1) is 0 Å². The molecule has 0 fully saturated rings. The van der Waals surface area contributed by atoms with Crippen molar-refractivity contribution in [3.05, 3.63) is 58.6 Å². The summed E-state index contributed by atoms with van der Waals surface area (Å²) in [6.07, 6.45) is 0. The fourth-order valence-electron chi connectivity index (χ4n) is 1.41. The zero-order valence-electron chi connectivity index (χ0n) is 9.58. The van der Waals surface area contributed by atoms with Crippen molar-refractivity contribution in [2.45, 2.75) is 4.90 Å². The Bertz CT molecular complexity index is 750. The van der Waals surface area contributed by atoms with Crippen molar-refractivity contribution in [3.63, 3.8) is 0 Å². The van der Waals surface area contributed by atoms with Crippen LogP contribution in [0.3, 0.4) is 0 Å². The van der Waals surface area contributed by atoms with Crippen LogP contribution in [0.1, 0.15) is 5.56 Å². The molecule has 0 amide bonds. The SMILES string of the molecule is N#Cc1cccc(OS(=O)(=O)c2cccc(Br)c2)c1. The summed E-state index contributed by atoms with van der Waals surface area (Å²) in [7, 11) is -3.90. The molecule has 0 bridgehead atoms. The molecule has 0 N–H and O–H groups in total. The topological polar surface area (TPSA) is 67.2 Å². The third kappa shape index (κ3) is 3.34. The molecule has 19 heavy (non-hydrogen) atoms. The van der Waals surface area contributed by atoms with Gasteiger partial charge in [0.05, 0.1) is 11.6 Å². The summed E-state index contributed by atoms with van der Waals surface area (Å²) < 4.78 is 29.7. The first-order valence-corrected chi connectivity index (χ1v) is 7.41. The molecule has 0 unspecified atom stereocenters. The molecule has 0 aliphatic carbocycles. The quantitative estimate of drug-likeness (QED) is 0.807. The van der Waals surface area contributed by atoms with E-state index in [9.17, 15) is 8.42 Å². The van der Waals surface area contributed by atoms with Gasteiger partial charge in [-0.3, -0.25) is 0 Å². The second-order valence-electron chi connectivity index (χ2n) is 3.63. The average Bonchev–Trinajstić information content (AvgIpc) is 2.38. The minimum Gasteiger partial charge on any atom is -0.379 e. The second kappa shape index (κ2) is 5.43. The largest absolute Gasteiger partial charge is 0.379 e. The van der Waals surface area contributed by atoms with Gasteiger partial charge in [-0.1, -0.05) is 28.1 Å². The lowest BCUT2D eigenvalue weighted by Crippen LogP contribution is -2.09. The minimum absolute atomic E-state index is 0.0456. The molecule has 96 valence electrons. The summed E-state index contributed by atoms with van der Waals surface area (Å²) in [6, 6.07) is 14.1. The molecule has 0 spiro atoms. The first-order chi connectivity index (χ1) is 9.01. The number of halogens is 1. The number of benzene rings is 2. The van der Waals surface area contributed by atoms with E-state index in [4.69, 9.17) is 9.44 Å². The third-order valence-corrected chi connectivity index (χ3v) is 3.99. The van der Waals surface area contributed by atoms with Crippen molar-refractivity contribution in [3.8, 4) is 11.8 Å². The Morgan fingerprint density at radius 2 is 1.84 bits per heavy atom. The lowest BCUT2D eigenvalue weighted by atomic mass is 10.2. The van der Waals surface area contributed by atoms with Gasteiger partial charge in [0.1, 0.15) is 10.6 Å². The highest BCUT2D eigenvalue weighted by atomic mass is 79.9. The van der Waals surface area contributed by atoms with Crippen LogP contribution in [0.15, 0.2) is 57.9 Å². The van der Waals surface area contributed by atoms with Crippen molar-refractivity contribution in [2.75, 3.05) is 0 Å². The number of nitrogens with zero attached hydrogens (tertiary/aromatic N) is 1. The van der Waals surface area contributed by atoms with Gasteiger partial charge in [0.2, 0.25) is 0 Å². The van der Waals surface area contributed by atoms with Crippen LogP contribution in [0.5, 0.6) is 5.75 Å². The van der Waals surface area contributed by atoms with E-state index in [-0.39, 0.29) is 10.6 Å². The Balaban J connectivity index is 2.34. The van der Waals surface area contributed by atoms with Crippen molar-refractivity contribution in [2.24, 2.45) is 0 Å². The Morgan fingerprint density at radius 3 is 2.53 bits per heavy atom. The maximum Gasteiger partial charge on any atom is 0.339 e. The summed E-state index contributed by atoms with van der Waals surface area (Å²) in [5.41, 5.74) is 0.335. The number of nitriles is 1. The Hall–Kier alpha value is -1.84. The molecule has 6 heteroatoms. The van der Waals surface area contributed by atoms with Gasteiger partial charge in [-0.25, -0.2) is 0 Å². The molecule has 2 rings (SSSR count). The Morgan fingerprint density at radius 1 is 1.11 bits per heavy atom. The van der Waals surface area contributed by atoms with Crippen molar-refractivity contribution < 1.29 is 12.6 Å². The minimum atomic E-state index is -3.90. The third-order valence-electron chi connectivity index (χ3n) is 2.25. The molecule has 0 aliphatic rings. The molecule has 0 saturated heterocycles. The van der Waals surface area contributed by atoms with Gasteiger partial charge in [0.15, 0.2) is 0 Å². The monoisotopic (exact) mass is 337 g/mol. The average molecular weight is 338 g/mol. The molecule has 0 saturated carbocycles. The van der Waals surface area contributed by atoms with Crippen LogP contribution in [0, 0.1) is 11.3 Å². The highest BCUT2D eigenvalue weighted by molar-refractivity contribution is 9.10. The van der Waals surface area contributed by atoms with Gasteiger partial charge in [0.25, 0.3) is 0 Å². The first kappa shape index (κ1) is 13.6. The zero-order chi connectivity index (χ0) is 13.9.